The summed E-state index contributed by atoms with van der Waals surface area (Å²) in [6.45, 7) is 8.00. The lowest BCUT2D eigenvalue weighted by atomic mass is 9.76. The van der Waals surface area contributed by atoms with Crippen LogP contribution in [-0.2, 0) is 0 Å². The van der Waals surface area contributed by atoms with Crippen molar-refractivity contribution in [1.82, 2.24) is 9.97 Å². The molecule has 0 aromatic carbocycles. The van der Waals surface area contributed by atoms with Gasteiger partial charge < -0.3 is 10.7 Å². The molecule has 2 saturated carbocycles. The van der Waals surface area contributed by atoms with Crippen LogP contribution in [0.25, 0.3) is 10.9 Å². The van der Waals surface area contributed by atoms with E-state index in [0.29, 0.717) is 43.0 Å². The summed E-state index contributed by atoms with van der Waals surface area (Å²) in [4.78, 5) is 29.0. The molecule has 9 heteroatoms. The maximum atomic E-state index is 13.0. The van der Waals surface area contributed by atoms with Gasteiger partial charge in [-0.15, -0.1) is 0 Å². The van der Waals surface area contributed by atoms with Crippen LogP contribution < -0.4 is 11.2 Å². The summed E-state index contributed by atoms with van der Waals surface area (Å²) >= 11 is 0. The van der Waals surface area contributed by atoms with Gasteiger partial charge in [-0.2, -0.15) is 0 Å². The van der Waals surface area contributed by atoms with Crippen molar-refractivity contribution in [1.29, 1.82) is 0 Å². The molecule has 2 aliphatic rings. The molecule has 0 bridgehead atoms. The summed E-state index contributed by atoms with van der Waals surface area (Å²) in [5.41, 5.74) is 5.39. The fraction of sp³-hybridized carbons (Fsp3) is 0.654. The third kappa shape index (κ3) is 9.61. The Morgan fingerprint density at radius 1 is 0.943 bits per heavy atom. The Hall–Kier alpha value is -2.45. The van der Waals surface area contributed by atoms with Gasteiger partial charge in [-0.25, -0.2) is 17.6 Å². The molecule has 3 N–H and O–H groups in total. The number of nitrogens with two attached hydrogens (primary N) is 1. The van der Waals surface area contributed by atoms with E-state index in [9.17, 15) is 27.2 Å². The summed E-state index contributed by atoms with van der Waals surface area (Å²) < 4.78 is 51.8. The number of carbonyl (C=O) groups excluding carboxylic acids is 1. The highest BCUT2D eigenvalue weighted by molar-refractivity contribution is 6.03. The first-order valence-corrected chi connectivity index (χ1v) is 12.6. The molecular formula is C26H39F4N3O2. The molecule has 198 valence electrons. The number of fused-ring (bicyclic) bond motifs is 1. The van der Waals surface area contributed by atoms with E-state index < -0.39 is 17.8 Å². The molecule has 1 amide bonds. The third-order valence-corrected chi connectivity index (χ3v) is 6.24. The molecule has 0 radical (unpaired) electrons. The topological polar surface area (TPSA) is 88.8 Å². The first-order valence-electron chi connectivity index (χ1n) is 12.6. The number of carbonyl (C=O) groups is 1. The highest BCUT2D eigenvalue weighted by Crippen LogP contribution is 2.43. The predicted molar refractivity (Wildman–Crippen MR) is 132 cm³/mol. The van der Waals surface area contributed by atoms with Crippen LogP contribution in [0, 0.1) is 11.8 Å². The van der Waals surface area contributed by atoms with Crippen LogP contribution in [0.3, 0.4) is 0 Å². The first kappa shape index (κ1) is 30.6. The summed E-state index contributed by atoms with van der Waals surface area (Å²) in [7, 11) is 0. The van der Waals surface area contributed by atoms with Crippen molar-refractivity contribution >= 4 is 16.8 Å². The molecule has 4 rings (SSSR count). The average Bonchev–Trinajstić information content (AvgIpc) is 2.84. The number of amides is 1. The second kappa shape index (κ2) is 14.2. The van der Waals surface area contributed by atoms with E-state index in [2.05, 4.69) is 9.97 Å². The van der Waals surface area contributed by atoms with Crippen LogP contribution in [0.4, 0.5) is 17.6 Å². The van der Waals surface area contributed by atoms with Crippen LogP contribution in [0.5, 0.6) is 0 Å². The minimum atomic E-state index is -2.48. The second-order valence-electron chi connectivity index (χ2n) is 8.62. The van der Waals surface area contributed by atoms with Crippen LogP contribution >= 0.6 is 0 Å². The lowest BCUT2D eigenvalue weighted by Crippen LogP contribution is -2.28. The van der Waals surface area contributed by atoms with Crippen molar-refractivity contribution < 1.29 is 22.4 Å². The van der Waals surface area contributed by atoms with E-state index in [1.807, 2.05) is 27.7 Å². The molecule has 0 atom stereocenters. The van der Waals surface area contributed by atoms with E-state index in [1.165, 1.54) is 18.5 Å². The number of primary amides is 1. The zero-order chi connectivity index (χ0) is 26.6. The normalized spacial score (nSPS) is 19.2. The van der Waals surface area contributed by atoms with Crippen molar-refractivity contribution in [3.05, 3.63) is 40.4 Å². The predicted octanol–water partition coefficient (Wildman–Crippen LogP) is 7.10. The minimum Gasteiger partial charge on any atom is -0.364 e. The molecule has 2 heterocycles. The van der Waals surface area contributed by atoms with Gasteiger partial charge in [0.1, 0.15) is 5.69 Å². The number of alkyl halides is 4. The molecular weight excluding hydrogens is 462 g/mol. The molecule has 5 nitrogen and oxygen atoms in total. The van der Waals surface area contributed by atoms with Crippen molar-refractivity contribution in [2.75, 3.05) is 0 Å². The van der Waals surface area contributed by atoms with Crippen LogP contribution in [0.1, 0.15) is 96.0 Å². The highest BCUT2D eigenvalue weighted by Gasteiger charge is 2.38. The molecule has 0 saturated heterocycles. The number of nitrogens with one attached hydrogen (secondary N) is 1. The Balaban J connectivity index is 0.000000311. The molecule has 2 fully saturated rings. The van der Waals surface area contributed by atoms with Crippen molar-refractivity contribution in [2.45, 2.75) is 97.3 Å². The first-order chi connectivity index (χ1) is 16.6. The molecule has 0 unspecified atom stereocenters. The van der Waals surface area contributed by atoms with E-state index >= 15 is 0 Å². The lowest BCUT2D eigenvalue weighted by molar-refractivity contribution is -0.0593. The van der Waals surface area contributed by atoms with Gasteiger partial charge in [-0.1, -0.05) is 27.7 Å². The van der Waals surface area contributed by atoms with Crippen molar-refractivity contribution in [3.8, 4) is 0 Å². The average molecular weight is 502 g/mol. The second-order valence-corrected chi connectivity index (χ2v) is 8.62. The van der Waals surface area contributed by atoms with Gasteiger partial charge in [-0.05, 0) is 50.0 Å². The van der Waals surface area contributed by atoms with E-state index in [0.717, 1.165) is 6.42 Å². The van der Waals surface area contributed by atoms with Gasteiger partial charge in [0.15, 0.2) is 5.43 Å². The number of nitrogens with zero attached hydrogens (tertiary/aromatic N) is 1. The number of pyridine rings is 2. The number of aromatic amines is 1. The van der Waals surface area contributed by atoms with Gasteiger partial charge in [0.2, 0.25) is 11.8 Å². The van der Waals surface area contributed by atoms with Gasteiger partial charge in [0.25, 0.3) is 5.91 Å². The minimum absolute atomic E-state index is 0.00403. The van der Waals surface area contributed by atoms with Crippen molar-refractivity contribution in [2.24, 2.45) is 17.6 Å². The maximum absolute atomic E-state index is 13.0. The largest absolute Gasteiger partial charge is 0.364 e. The molecule has 2 aromatic rings. The van der Waals surface area contributed by atoms with Crippen molar-refractivity contribution in [3.63, 3.8) is 0 Å². The zero-order valence-electron chi connectivity index (χ0n) is 21.2. The molecule has 0 spiro atoms. The van der Waals surface area contributed by atoms with Gasteiger partial charge in [-0.3, -0.25) is 14.6 Å². The van der Waals surface area contributed by atoms with Gasteiger partial charge in [0.05, 0.1) is 10.9 Å². The van der Waals surface area contributed by atoms with E-state index in [-0.39, 0.29) is 42.2 Å². The van der Waals surface area contributed by atoms with Gasteiger partial charge >= 0.3 is 0 Å². The zero-order valence-corrected chi connectivity index (χ0v) is 21.2. The SMILES string of the molecule is CC.CC.FC1(F)CCC(CC2CCC(F)(F)CC2)CC1.NC(=O)c1nccc2[nH]ccc(=O)c12. The quantitative estimate of drug-likeness (QED) is 0.440. The molecule has 2 aliphatic carbocycles. The van der Waals surface area contributed by atoms with Gasteiger partial charge in [0, 0.05) is 44.1 Å². The third-order valence-electron chi connectivity index (χ3n) is 6.24. The van der Waals surface area contributed by atoms with E-state index in [4.69, 9.17) is 5.73 Å². The standard InChI is InChI=1S/C13H20F4.C9H7N3O2.2C2H6/c14-12(15)5-1-10(2-6-12)9-11-3-7-13(16,17)8-4-11;10-9(14)8-7-5(1-3-12-8)11-4-2-6(7)13;2*1-2/h10-11H,1-9H2;1-4H,(H2,10,14)(H,11,13);2*1-2H3. The Kier molecular flexibility index (Phi) is 12.4. The maximum Gasteiger partial charge on any atom is 0.268 e. The number of hydrogen-bond donors (Lipinski definition) is 2. The number of aromatic nitrogens is 2. The smallest absolute Gasteiger partial charge is 0.268 e. The number of H-pyrrole nitrogens is 1. The number of hydrogen-bond acceptors (Lipinski definition) is 3. The Morgan fingerprint density at radius 2 is 1.40 bits per heavy atom. The summed E-state index contributed by atoms with van der Waals surface area (Å²) in [6, 6.07) is 2.94. The fourth-order valence-corrected chi connectivity index (χ4v) is 4.45. The number of rotatable bonds is 3. The monoisotopic (exact) mass is 501 g/mol. The lowest BCUT2D eigenvalue weighted by Gasteiger charge is -2.33. The molecule has 0 aliphatic heterocycles. The Morgan fingerprint density at radius 3 is 1.83 bits per heavy atom. The summed E-state index contributed by atoms with van der Waals surface area (Å²) in [5.74, 6) is -4.98. The van der Waals surface area contributed by atoms with Crippen LogP contribution in [-0.4, -0.2) is 27.7 Å². The highest BCUT2D eigenvalue weighted by atomic mass is 19.3. The summed E-state index contributed by atoms with van der Waals surface area (Å²) in [5, 5.41) is 0.238. The fourth-order valence-electron chi connectivity index (χ4n) is 4.45. The molecule has 35 heavy (non-hydrogen) atoms. The Bertz CT molecular complexity index is 927. The van der Waals surface area contributed by atoms with Crippen LogP contribution in [0.2, 0.25) is 0 Å². The number of halogens is 4. The van der Waals surface area contributed by atoms with E-state index in [1.54, 1.807) is 6.07 Å². The van der Waals surface area contributed by atoms with Crippen LogP contribution in [0.15, 0.2) is 29.3 Å². The summed E-state index contributed by atoms with van der Waals surface area (Å²) in [6.07, 6.45) is 6.04. The Labute approximate surface area is 204 Å². The molecule has 2 aromatic heterocycles.